The van der Waals surface area contributed by atoms with Gasteiger partial charge in [-0.2, -0.15) is 0 Å². The van der Waals surface area contributed by atoms with Crippen molar-refractivity contribution in [2.24, 2.45) is 0 Å². The molecular formula is C23H34F2N2O2PSb. The molecule has 0 bridgehead atoms. The Balaban J connectivity index is 0.00000132. The van der Waals surface area contributed by atoms with Gasteiger partial charge in [-0.3, -0.25) is 0 Å². The maximum absolute atomic E-state index is 14.1. The molecule has 1 N–H and O–H groups in total. The molecule has 4 rings (SSSR count). The van der Waals surface area contributed by atoms with Gasteiger partial charge in [-0.25, -0.2) is 0 Å². The van der Waals surface area contributed by atoms with Crippen molar-refractivity contribution < 1.29 is 16.5 Å². The van der Waals surface area contributed by atoms with Crippen molar-refractivity contribution in [2.45, 2.75) is 78.8 Å². The third kappa shape index (κ3) is 5.12. The van der Waals surface area contributed by atoms with Gasteiger partial charge in [0.2, 0.25) is 0 Å². The van der Waals surface area contributed by atoms with Crippen LogP contribution in [0.5, 0.6) is 0 Å². The van der Waals surface area contributed by atoms with Gasteiger partial charge in [0.05, 0.1) is 0 Å². The van der Waals surface area contributed by atoms with E-state index in [9.17, 15) is 11.8 Å². The molecule has 2 heterocycles. The predicted molar refractivity (Wildman–Crippen MR) is 125 cm³/mol. The average Bonchev–Trinajstić information content (AvgIpc) is 3.17. The van der Waals surface area contributed by atoms with Crippen LogP contribution in [0.4, 0.5) is 8.78 Å². The fraction of sp³-hybridized carbons (Fsp3) is 0.609. The van der Waals surface area contributed by atoms with Crippen LogP contribution in [0, 0.1) is 0 Å². The second kappa shape index (κ2) is 9.65. The normalized spacial score (nSPS) is 26.4. The molecule has 2 aliphatic rings. The molecule has 4 nitrogen and oxygen atoms in total. The summed E-state index contributed by atoms with van der Waals surface area (Å²) in [7, 11) is 1.56. The van der Waals surface area contributed by atoms with Crippen molar-refractivity contribution in [3.8, 4) is 0 Å². The molecule has 8 heteroatoms. The predicted octanol–water partition coefficient (Wildman–Crippen LogP) is 6.15. The van der Waals surface area contributed by atoms with Crippen LogP contribution in [-0.4, -0.2) is 35.6 Å². The van der Waals surface area contributed by atoms with E-state index in [2.05, 4.69) is 16.3 Å². The summed E-state index contributed by atoms with van der Waals surface area (Å²) in [5.74, 6) is 0.537. The topological polar surface area (TPSA) is 55.0 Å². The molecule has 1 aromatic carbocycles. The molecule has 0 amide bonds. The fourth-order valence-corrected chi connectivity index (χ4v) is 11.4. The molecule has 2 aromatic rings. The summed E-state index contributed by atoms with van der Waals surface area (Å²) in [6, 6.07) is 8.25. The first-order valence-electron chi connectivity index (χ1n) is 11.1. The van der Waals surface area contributed by atoms with Crippen molar-refractivity contribution in [1.82, 2.24) is 10.2 Å². The molecule has 1 saturated heterocycles. The first kappa shape index (κ1) is 24.9. The van der Waals surface area contributed by atoms with Gasteiger partial charge in [-0.05, 0) is 0 Å². The first-order chi connectivity index (χ1) is 14.6. The van der Waals surface area contributed by atoms with E-state index < -0.39 is 27.8 Å². The average molecular weight is 561 g/mol. The summed E-state index contributed by atoms with van der Waals surface area (Å²) in [6.45, 7) is 6.54. The summed E-state index contributed by atoms with van der Waals surface area (Å²) in [4.78, 5) is 1.81. The van der Waals surface area contributed by atoms with E-state index in [1.807, 2.05) is 25.6 Å². The second-order valence-corrected chi connectivity index (χ2v) is 19.3. The van der Waals surface area contributed by atoms with Crippen LogP contribution in [0.1, 0.15) is 81.8 Å². The molecule has 4 atom stereocenters. The molecule has 31 heavy (non-hydrogen) atoms. The van der Waals surface area contributed by atoms with E-state index in [1.54, 1.807) is 21.4 Å². The van der Waals surface area contributed by atoms with Crippen LogP contribution in [0.15, 0.2) is 30.3 Å². The summed E-state index contributed by atoms with van der Waals surface area (Å²) in [5, 5.41) is 7.59. The van der Waals surface area contributed by atoms with Crippen LogP contribution in [0.25, 0.3) is 0 Å². The van der Waals surface area contributed by atoms with Gasteiger partial charge in [-0.15, -0.1) is 0 Å². The maximum atomic E-state index is 14.1. The molecule has 2 fully saturated rings. The van der Waals surface area contributed by atoms with E-state index in [0.717, 1.165) is 11.4 Å². The number of nitrogens with zero attached hydrogens (tertiary/aromatic N) is 1. The van der Waals surface area contributed by atoms with Crippen LogP contribution in [0.3, 0.4) is 0 Å². The standard InChI is InChI=1S/C13H19N2O.C7H6F2P.C2H6.CH3.O.Sb/c1-9-5-6-16-13(7-9)12-8-11(14-15-12)10-3-2-4-10;8-7(9,10)6-4-2-1-3-5-6;1-2;;;/h8,10,13H,2-7H2,1H3,(H,14,15);1-2,4-5H,10H2;1-2H3;1H3;;. The number of aromatic nitrogens is 2. The van der Waals surface area contributed by atoms with E-state index in [-0.39, 0.29) is 11.7 Å². The molecule has 1 aliphatic heterocycles. The Hall–Kier alpha value is -0.702. The van der Waals surface area contributed by atoms with Crippen molar-refractivity contribution in [3.05, 3.63) is 47.3 Å². The Morgan fingerprint density at radius 2 is 2.00 bits per heavy atom. The second-order valence-electron chi connectivity index (χ2n) is 8.78. The Kier molecular flexibility index (Phi) is 7.76. The number of aromatic amines is 1. The van der Waals surface area contributed by atoms with Crippen molar-refractivity contribution in [3.63, 3.8) is 0 Å². The van der Waals surface area contributed by atoms with Crippen molar-refractivity contribution >= 4 is 31.5 Å². The van der Waals surface area contributed by atoms with Crippen LogP contribution < -0.4 is 3.51 Å². The van der Waals surface area contributed by atoms with Crippen molar-refractivity contribution in [1.29, 1.82) is 0 Å². The number of rotatable bonds is 5. The molecule has 0 spiro atoms. The number of ether oxygens (including phenoxy) is 1. The Morgan fingerprint density at radius 3 is 2.61 bits per heavy atom. The molecule has 1 aliphatic carbocycles. The minimum atomic E-state index is -4.09. The Labute approximate surface area is 190 Å². The van der Waals surface area contributed by atoms with E-state index >= 15 is 0 Å². The van der Waals surface area contributed by atoms with E-state index in [1.165, 1.54) is 31.4 Å². The van der Waals surface area contributed by atoms with Gasteiger partial charge in [0.25, 0.3) is 0 Å². The third-order valence-corrected chi connectivity index (χ3v) is 17.8. The SMILES string of the molecule is CC.C[C]1([Sb]([CH3])(=[O])[c]2cccc(C(F)(F)P)c2)CCOC(c2cc(C3CCC3)n[nH]2)C1. The summed E-state index contributed by atoms with van der Waals surface area (Å²) in [5.41, 5.74) is -1.11. The minimum absolute atomic E-state index is 0.109. The number of alkyl halides is 2. The van der Waals surface area contributed by atoms with E-state index in [0.29, 0.717) is 28.9 Å². The Bertz CT molecular complexity index is 942. The molecular weight excluding hydrogens is 527 g/mol. The van der Waals surface area contributed by atoms with Gasteiger partial charge >= 0.3 is 177 Å². The van der Waals surface area contributed by atoms with Crippen LogP contribution >= 0.6 is 9.24 Å². The zero-order valence-corrected chi connectivity index (χ0v) is 22.5. The zero-order chi connectivity index (χ0) is 22.9. The first-order valence-corrected chi connectivity index (χ1v) is 17.8. The number of hydrogen-bond acceptors (Lipinski definition) is 3. The summed E-state index contributed by atoms with van der Waals surface area (Å²) < 4.78 is 47.8. The molecule has 0 radical (unpaired) electrons. The zero-order valence-electron chi connectivity index (χ0n) is 18.8. The molecule has 1 aromatic heterocycles. The van der Waals surface area contributed by atoms with Crippen LogP contribution in [0.2, 0.25) is 8.23 Å². The quantitative estimate of drug-likeness (QED) is 0.352. The van der Waals surface area contributed by atoms with Gasteiger partial charge in [0.1, 0.15) is 0 Å². The number of hydrogen-bond donors (Lipinski definition) is 1. The number of halogens is 2. The Morgan fingerprint density at radius 1 is 1.29 bits per heavy atom. The van der Waals surface area contributed by atoms with Crippen LogP contribution in [-0.2, 0) is 13.4 Å². The molecule has 1 saturated carbocycles. The number of benzene rings is 1. The third-order valence-electron chi connectivity index (χ3n) is 6.83. The van der Waals surface area contributed by atoms with E-state index in [4.69, 9.17) is 4.74 Å². The van der Waals surface area contributed by atoms with Gasteiger partial charge < -0.3 is 0 Å². The van der Waals surface area contributed by atoms with Gasteiger partial charge in [0.15, 0.2) is 0 Å². The van der Waals surface area contributed by atoms with Gasteiger partial charge in [0, 0.05) is 0 Å². The van der Waals surface area contributed by atoms with Crippen molar-refractivity contribution in [2.75, 3.05) is 6.61 Å². The fourth-order valence-electron chi connectivity index (χ4n) is 4.29. The molecule has 172 valence electrons. The number of H-pyrrole nitrogens is 1. The summed E-state index contributed by atoms with van der Waals surface area (Å²) >= 11 is -4.09. The van der Waals surface area contributed by atoms with Gasteiger partial charge in [-0.1, -0.05) is 13.8 Å². The molecule has 4 unspecified atom stereocenters. The monoisotopic (exact) mass is 560 g/mol. The summed E-state index contributed by atoms with van der Waals surface area (Å²) in [6.07, 6.45) is 4.69. The number of nitrogens with one attached hydrogen (secondary N) is 1.